The summed E-state index contributed by atoms with van der Waals surface area (Å²) >= 11 is 12.1. The molecule has 27 heavy (non-hydrogen) atoms. The number of ether oxygens (including phenoxy) is 1. The number of halogens is 2. The van der Waals surface area contributed by atoms with Crippen molar-refractivity contribution in [1.29, 1.82) is 0 Å². The van der Waals surface area contributed by atoms with E-state index in [-0.39, 0.29) is 26.7 Å². The third-order valence-corrected chi connectivity index (χ3v) is 6.03. The van der Waals surface area contributed by atoms with Gasteiger partial charge in [-0.05, 0) is 44.2 Å². The maximum Gasteiger partial charge on any atom is 0.266 e. The van der Waals surface area contributed by atoms with Gasteiger partial charge in [0.15, 0.2) is 0 Å². The van der Waals surface area contributed by atoms with Crippen LogP contribution in [0.15, 0.2) is 47.4 Å². The molecule has 146 valence electrons. The number of carbonyl (C=O) groups is 1. The van der Waals surface area contributed by atoms with Crippen LogP contribution in [0.3, 0.4) is 0 Å². The van der Waals surface area contributed by atoms with Crippen LogP contribution < -0.4 is 14.4 Å². The Morgan fingerprint density at radius 1 is 1.19 bits per heavy atom. The number of rotatable bonds is 7. The molecule has 0 unspecified atom stereocenters. The first-order valence-electron chi connectivity index (χ1n) is 8.07. The predicted molar refractivity (Wildman–Crippen MR) is 107 cm³/mol. The van der Waals surface area contributed by atoms with E-state index in [9.17, 15) is 13.2 Å². The van der Waals surface area contributed by atoms with Crippen molar-refractivity contribution in [3.05, 3.63) is 52.5 Å². The summed E-state index contributed by atoms with van der Waals surface area (Å²) in [6.07, 6.45) is 0. The maximum absolute atomic E-state index is 13.3. The molecular formula is C18H20Cl2N2O4S. The van der Waals surface area contributed by atoms with Crippen LogP contribution in [-0.4, -0.2) is 34.0 Å². The monoisotopic (exact) mass is 430 g/mol. The summed E-state index contributed by atoms with van der Waals surface area (Å²) in [6, 6.07) is 10.5. The average Bonchev–Trinajstić information content (AvgIpc) is 2.61. The Labute approximate surface area is 169 Å². The highest BCUT2D eigenvalue weighted by molar-refractivity contribution is 7.93. The van der Waals surface area contributed by atoms with Crippen LogP contribution in [0.4, 0.5) is 5.69 Å². The Balaban J connectivity index is 2.61. The normalized spacial score (nSPS) is 11.3. The molecule has 1 N–H and O–H groups in total. The van der Waals surface area contributed by atoms with Gasteiger partial charge in [0, 0.05) is 11.1 Å². The molecule has 6 nitrogen and oxygen atoms in total. The topological polar surface area (TPSA) is 75.7 Å². The Morgan fingerprint density at radius 2 is 1.85 bits per heavy atom. The van der Waals surface area contributed by atoms with Crippen molar-refractivity contribution in [2.24, 2.45) is 0 Å². The first kappa shape index (κ1) is 21.3. The number of para-hydroxylation sites is 2. The second-order valence-corrected chi connectivity index (χ2v) is 8.65. The molecule has 2 rings (SSSR count). The fraction of sp³-hybridized carbons (Fsp3) is 0.278. The lowest BCUT2D eigenvalue weighted by atomic mass is 10.3. The highest BCUT2D eigenvalue weighted by atomic mass is 35.5. The van der Waals surface area contributed by atoms with E-state index in [2.05, 4.69) is 5.32 Å². The van der Waals surface area contributed by atoms with Gasteiger partial charge in [-0.25, -0.2) is 8.42 Å². The average molecular weight is 431 g/mol. The third-order valence-electron chi connectivity index (χ3n) is 3.55. The van der Waals surface area contributed by atoms with Crippen molar-refractivity contribution in [3.8, 4) is 5.75 Å². The Morgan fingerprint density at radius 3 is 2.48 bits per heavy atom. The van der Waals surface area contributed by atoms with Crippen LogP contribution >= 0.6 is 23.2 Å². The number of methoxy groups -OCH3 is 1. The van der Waals surface area contributed by atoms with Crippen LogP contribution in [0.1, 0.15) is 13.8 Å². The number of carbonyl (C=O) groups excluding carboxylic acids is 1. The summed E-state index contributed by atoms with van der Waals surface area (Å²) in [6.45, 7) is 3.13. The number of nitrogens with one attached hydrogen (secondary N) is 1. The molecule has 2 aromatic carbocycles. The quantitative estimate of drug-likeness (QED) is 0.725. The molecule has 1 amide bonds. The van der Waals surface area contributed by atoms with Crippen LogP contribution in [-0.2, 0) is 14.8 Å². The fourth-order valence-electron chi connectivity index (χ4n) is 2.43. The van der Waals surface area contributed by atoms with Gasteiger partial charge in [-0.1, -0.05) is 35.3 Å². The summed E-state index contributed by atoms with van der Waals surface area (Å²) in [5, 5.41) is 2.90. The lowest BCUT2D eigenvalue weighted by Gasteiger charge is -2.26. The van der Waals surface area contributed by atoms with Gasteiger partial charge in [0.2, 0.25) is 5.91 Å². The van der Waals surface area contributed by atoms with E-state index < -0.39 is 22.5 Å². The molecule has 0 spiro atoms. The van der Waals surface area contributed by atoms with E-state index in [1.54, 1.807) is 38.1 Å². The van der Waals surface area contributed by atoms with E-state index >= 15 is 0 Å². The molecule has 0 saturated carbocycles. The number of amides is 1. The van der Waals surface area contributed by atoms with Crippen LogP contribution in [0.5, 0.6) is 5.75 Å². The molecule has 0 aromatic heterocycles. The van der Waals surface area contributed by atoms with E-state index in [0.717, 1.165) is 4.31 Å². The molecule has 0 aliphatic rings. The standard InChI is InChI=1S/C18H20Cl2N2O4S/c1-12(2)21-18(23)11-22(15-6-4-5-7-16(15)26-3)27(24,25)17-10-13(19)8-9-14(17)20/h4-10,12H,11H2,1-3H3,(H,21,23). The molecule has 2 aromatic rings. The van der Waals surface area contributed by atoms with Gasteiger partial charge < -0.3 is 10.1 Å². The number of hydrogen-bond acceptors (Lipinski definition) is 4. The summed E-state index contributed by atoms with van der Waals surface area (Å²) in [5.41, 5.74) is 0.218. The first-order valence-corrected chi connectivity index (χ1v) is 10.3. The van der Waals surface area contributed by atoms with Crippen molar-refractivity contribution in [2.45, 2.75) is 24.8 Å². The zero-order valence-corrected chi connectivity index (χ0v) is 17.4. The minimum absolute atomic E-state index is 0.00330. The number of anilines is 1. The molecule has 0 aliphatic carbocycles. The van der Waals surface area contributed by atoms with Gasteiger partial charge in [0.1, 0.15) is 17.2 Å². The van der Waals surface area contributed by atoms with E-state index in [1.165, 1.54) is 25.3 Å². The lowest BCUT2D eigenvalue weighted by molar-refractivity contribution is -0.120. The molecule has 0 bridgehead atoms. The molecule has 0 atom stereocenters. The Hall–Kier alpha value is -1.96. The smallest absolute Gasteiger partial charge is 0.266 e. The number of nitrogens with zero attached hydrogens (tertiary/aromatic N) is 1. The van der Waals surface area contributed by atoms with Gasteiger partial charge in [0.25, 0.3) is 10.0 Å². The molecule has 0 fully saturated rings. The van der Waals surface area contributed by atoms with Gasteiger partial charge in [0.05, 0.1) is 17.8 Å². The van der Waals surface area contributed by atoms with Gasteiger partial charge >= 0.3 is 0 Å². The fourth-order valence-corrected chi connectivity index (χ4v) is 4.60. The molecule has 0 saturated heterocycles. The second-order valence-electron chi connectivity index (χ2n) is 5.98. The van der Waals surface area contributed by atoms with Crippen molar-refractivity contribution >= 4 is 44.8 Å². The number of hydrogen-bond donors (Lipinski definition) is 1. The lowest BCUT2D eigenvalue weighted by Crippen LogP contribution is -2.43. The summed E-state index contributed by atoms with van der Waals surface area (Å²) in [7, 11) is -2.77. The van der Waals surface area contributed by atoms with Crippen molar-refractivity contribution < 1.29 is 17.9 Å². The van der Waals surface area contributed by atoms with Crippen molar-refractivity contribution in [2.75, 3.05) is 18.0 Å². The van der Waals surface area contributed by atoms with E-state index in [1.807, 2.05) is 0 Å². The van der Waals surface area contributed by atoms with E-state index in [0.29, 0.717) is 5.75 Å². The largest absolute Gasteiger partial charge is 0.495 e. The van der Waals surface area contributed by atoms with Gasteiger partial charge in [-0.3, -0.25) is 9.10 Å². The van der Waals surface area contributed by atoms with Crippen molar-refractivity contribution in [3.63, 3.8) is 0 Å². The SMILES string of the molecule is COc1ccccc1N(CC(=O)NC(C)C)S(=O)(=O)c1cc(Cl)ccc1Cl. The van der Waals surface area contributed by atoms with Crippen LogP contribution in [0.2, 0.25) is 10.0 Å². The second kappa shape index (κ2) is 8.82. The highest BCUT2D eigenvalue weighted by Gasteiger charge is 2.31. The number of benzene rings is 2. The summed E-state index contributed by atoms with van der Waals surface area (Å²) < 4.78 is 32.9. The van der Waals surface area contributed by atoms with Crippen molar-refractivity contribution in [1.82, 2.24) is 5.32 Å². The van der Waals surface area contributed by atoms with Crippen LogP contribution in [0.25, 0.3) is 0 Å². The summed E-state index contributed by atoms with van der Waals surface area (Å²) in [5.74, 6) is -0.158. The minimum Gasteiger partial charge on any atom is -0.495 e. The highest BCUT2D eigenvalue weighted by Crippen LogP contribution is 2.35. The predicted octanol–water partition coefficient (Wildman–Crippen LogP) is 3.72. The summed E-state index contributed by atoms with van der Waals surface area (Å²) in [4.78, 5) is 12.2. The molecule has 0 aliphatic heterocycles. The maximum atomic E-state index is 13.3. The van der Waals surface area contributed by atoms with Gasteiger partial charge in [-0.2, -0.15) is 0 Å². The third kappa shape index (κ3) is 5.06. The number of sulfonamides is 1. The zero-order chi connectivity index (χ0) is 20.2. The molecule has 0 radical (unpaired) electrons. The first-order chi connectivity index (χ1) is 12.7. The van der Waals surface area contributed by atoms with Gasteiger partial charge in [-0.15, -0.1) is 0 Å². The Bertz CT molecular complexity index is 933. The van der Waals surface area contributed by atoms with Crippen LogP contribution in [0, 0.1) is 0 Å². The minimum atomic E-state index is -4.19. The van der Waals surface area contributed by atoms with E-state index in [4.69, 9.17) is 27.9 Å². The molecular weight excluding hydrogens is 411 g/mol. The zero-order valence-electron chi connectivity index (χ0n) is 15.1. The molecule has 9 heteroatoms. The Kier molecular flexibility index (Phi) is 6.97. The molecule has 0 heterocycles.